The molecule has 0 saturated heterocycles. The van der Waals surface area contributed by atoms with Gasteiger partial charge in [0.1, 0.15) is 23.3 Å². The summed E-state index contributed by atoms with van der Waals surface area (Å²) in [6.45, 7) is 10.4. The second kappa shape index (κ2) is 28.8. The molecule has 3 aliphatic heterocycles. The van der Waals surface area contributed by atoms with E-state index in [4.69, 9.17) is 34.9 Å². The van der Waals surface area contributed by atoms with Crippen LogP contribution in [0.4, 0.5) is 31.4 Å². The zero-order valence-corrected chi connectivity index (χ0v) is 58.7. The molecule has 0 bridgehead atoms. The Labute approximate surface area is 583 Å². The third-order valence-electron chi connectivity index (χ3n) is 22.2. The van der Waals surface area contributed by atoms with Crippen LogP contribution in [0, 0.1) is 24.2 Å². The topological polar surface area (TPSA) is 240 Å². The number of hydrogen-bond donors (Lipinski definition) is 2. The van der Waals surface area contributed by atoms with Crippen LogP contribution in [0.25, 0.3) is 33.1 Å². The third-order valence-corrected chi connectivity index (χ3v) is 22.2. The standard InChI is InChI=1S/C29H35N3O3.C28H31N3O4.C23H26N4O3/c1-18-8-11-21(12-9-18)16-27-30-28-24-13-10-19(2)31(29(34)35-4)25(24)14-15-26(28)32(27)23-7-5-6-22(17-23)20(3)33;1-17-8-9-21-22(30(17)27(34)35-2)10-11-23-25(21)29-24(12-18-6-4-3-5-7-18)31(23)20-15-28(16-20)13-19(14-28)26(32)33;1-15-8-9-17-18(27(15)23(29)30-2)10-11-19-22(17)25-21(26(19)13-12-20(24)28)14-16-6-4-3-5-7-16/h8-9,11-12,14-15,19,22-23H,5-7,10,13,16-17H2,1-4H3;3-7,10-11,17,19-20H,8-9,12-16H2,1-2H3,(H,32,33);3-7,10-11,15H,8-9,12-14H2,1-2H3,(H2,24,28)/t19-,22+,23+;17-,19?,20?,28?;15-/m000/s1. The number of carbonyl (C=O) groups excluding carboxylic acids is 5. The maximum atomic E-state index is 12.6. The van der Waals surface area contributed by atoms with Gasteiger partial charge in [-0.05, 0) is 177 Å². The fourth-order valence-electron chi connectivity index (χ4n) is 17.0. The van der Waals surface area contributed by atoms with Crippen LogP contribution in [0.15, 0.2) is 121 Å². The first-order valence-corrected chi connectivity index (χ1v) is 35.6. The fourth-order valence-corrected chi connectivity index (χ4v) is 17.0. The number of hydrogen-bond acceptors (Lipinski definition) is 12. The van der Waals surface area contributed by atoms with Crippen molar-refractivity contribution in [3.8, 4) is 0 Å². The van der Waals surface area contributed by atoms with E-state index in [1.807, 2.05) is 49.4 Å². The number of nitrogens with zero attached hydrogens (tertiary/aromatic N) is 9. The Kier molecular flexibility index (Phi) is 19.8. The van der Waals surface area contributed by atoms with Gasteiger partial charge in [-0.1, -0.05) is 96.9 Å². The molecule has 5 atom stereocenters. The highest BCUT2D eigenvalue weighted by molar-refractivity contribution is 5.98. The summed E-state index contributed by atoms with van der Waals surface area (Å²) >= 11 is 0. The van der Waals surface area contributed by atoms with Gasteiger partial charge < -0.3 is 38.8 Å². The van der Waals surface area contributed by atoms with Crippen LogP contribution >= 0.6 is 0 Å². The summed E-state index contributed by atoms with van der Waals surface area (Å²) in [6, 6.07) is 42.2. The molecule has 3 saturated carbocycles. The average molecular weight is 1350 g/mol. The lowest BCUT2D eigenvalue weighted by Gasteiger charge is -2.57. The van der Waals surface area contributed by atoms with Crippen LogP contribution < -0.4 is 20.4 Å². The van der Waals surface area contributed by atoms with E-state index in [0.717, 1.165) is 193 Å². The van der Waals surface area contributed by atoms with Crippen molar-refractivity contribution >= 4 is 86.1 Å². The predicted molar refractivity (Wildman–Crippen MR) is 386 cm³/mol. The summed E-state index contributed by atoms with van der Waals surface area (Å²) in [4.78, 5) is 93.3. The van der Waals surface area contributed by atoms with E-state index in [2.05, 4.69) is 113 Å². The van der Waals surface area contributed by atoms with Crippen LogP contribution in [-0.4, -0.2) is 109 Å². The van der Waals surface area contributed by atoms with Gasteiger partial charge in [-0.2, -0.15) is 0 Å². The van der Waals surface area contributed by atoms with Crippen LogP contribution in [0.3, 0.4) is 0 Å². The van der Waals surface area contributed by atoms with Gasteiger partial charge in [0.15, 0.2) is 0 Å². The van der Waals surface area contributed by atoms with Crippen molar-refractivity contribution in [2.45, 2.75) is 187 Å². The summed E-state index contributed by atoms with van der Waals surface area (Å²) in [6.07, 6.45) is 14.1. The molecule has 522 valence electrons. The van der Waals surface area contributed by atoms with Crippen LogP contribution in [0.5, 0.6) is 0 Å². The molecule has 15 rings (SSSR count). The van der Waals surface area contributed by atoms with Gasteiger partial charge >= 0.3 is 24.2 Å². The lowest BCUT2D eigenvalue weighted by Crippen LogP contribution is -2.50. The van der Waals surface area contributed by atoms with Gasteiger partial charge in [0.05, 0.1) is 77.4 Å². The SMILES string of the molecule is COC(=O)N1c2ccc3c(nc(Cc4ccc(C)cc4)n3[C@@H]3CCC[C@@H](C(C)=O)C3)c2CC[C@@H]1C.COC(=O)N1c2ccc3c(nc(Cc4ccccc4)n3C3CC4(CC(C(=O)O)C4)C3)c2CC[C@@H]1C.COC(=O)N1c2ccc3c(nc(Cc4ccccc4)n3CCC(N)=O)c2CC[C@@H]1C. The molecule has 3 aliphatic carbocycles. The Morgan fingerprint density at radius 2 is 0.930 bits per heavy atom. The Morgan fingerprint density at radius 3 is 1.37 bits per heavy atom. The number of methoxy groups -OCH3 is 3. The van der Waals surface area contributed by atoms with Crippen LogP contribution in [0.1, 0.15) is 173 Å². The van der Waals surface area contributed by atoms with Crippen molar-refractivity contribution in [2.24, 2.45) is 23.0 Å². The number of amides is 4. The van der Waals surface area contributed by atoms with Crippen molar-refractivity contribution in [1.29, 1.82) is 0 Å². The first-order valence-electron chi connectivity index (χ1n) is 35.6. The Hall–Kier alpha value is -9.85. The summed E-state index contributed by atoms with van der Waals surface area (Å²) in [5.41, 5.74) is 22.4. The summed E-state index contributed by atoms with van der Waals surface area (Å²) in [5.74, 6) is 2.18. The highest BCUT2D eigenvalue weighted by Crippen LogP contribution is 2.63. The molecule has 6 aliphatic rings. The normalized spacial score (nSPS) is 22.0. The van der Waals surface area contributed by atoms with E-state index in [1.54, 1.807) is 21.6 Å². The first kappa shape index (κ1) is 68.7. The molecule has 4 amide bonds. The highest BCUT2D eigenvalue weighted by atomic mass is 16.6. The van der Waals surface area contributed by atoms with Crippen molar-refractivity contribution in [2.75, 3.05) is 36.0 Å². The quantitative estimate of drug-likeness (QED) is 0.102. The molecule has 3 aromatic heterocycles. The number of carboxylic acids is 1. The van der Waals surface area contributed by atoms with Gasteiger partial charge in [-0.15, -0.1) is 0 Å². The Morgan fingerprint density at radius 1 is 0.510 bits per heavy atom. The zero-order valence-electron chi connectivity index (χ0n) is 58.7. The van der Waals surface area contributed by atoms with Gasteiger partial charge in [-0.3, -0.25) is 29.1 Å². The summed E-state index contributed by atoms with van der Waals surface area (Å²) < 4.78 is 22.1. The van der Waals surface area contributed by atoms with Gasteiger partial charge in [0.2, 0.25) is 5.91 Å². The second-order valence-corrected chi connectivity index (χ2v) is 28.8. The van der Waals surface area contributed by atoms with Crippen molar-refractivity contribution in [3.05, 3.63) is 178 Å². The minimum atomic E-state index is -0.659. The number of Topliss-reactive ketones (excluding diaryl/α,β-unsaturated/α-hetero) is 1. The van der Waals surface area contributed by atoms with Gasteiger partial charge in [-0.25, -0.2) is 29.3 Å². The second-order valence-electron chi connectivity index (χ2n) is 28.8. The molecule has 9 aromatic rings. The number of ether oxygens (including phenoxy) is 3. The number of aliphatic carboxylic acids is 1. The lowest BCUT2D eigenvalue weighted by molar-refractivity contribution is -0.157. The van der Waals surface area contributed by atoms with Crippen LogP contribution in [-0.2, 0) is 73.7 Å². The number of aromatic nitrogens is 6. The number of benzene rings is 6. The Bertz CT molecular complexity index is 4560. The summed E-state index contributed by atoms with van der Waals surface area (Å²) in [5, 5.41) is 9.34. The maximum absolute atomic E-state index is 12.6. The van der Waals surface area contributed by atoms with E-state index in [1.165, 1.54) is 38.0 Å². The number of rotatable bonds is 13. The largest absolute Gasteiger partial charge is 0.481 e. The smallest absolute Gasteiger partial charge is 0.414 e. The average Bonchev–Trinajstić information content (AvgIpc) is 1.57. The molecule has 3 N–H and O–H groups in total. The molecule has 1 spiro atoms. The van der Waals surface area contributed by atoms with E-state index in [-0.39, 0.29) is 72.0 Å². The minimum absolute atomic E-state index is 0.0585. The van der Waals surface area contributed by atoms with Gasteiger partial charge in [0.25, 0.3) is 0 Å². The van der Waals surface area contributed by atoms with E-state index in [0.29, 0.717) is 24.8 Å². The van der Waals surface area contributed by atoms with E-state index in [9.17, 15) is 33.9 Å². The molecule has 6 aromatic carbocycles. The molecule has 6 heterocycles. The number of imidazole rings is 3. The third kappa shape index (κ3) is 13.4. The number of anilines is 3. The molecule has 0 radical (unpaired) electrons. The molecular weight excluding hydrogens is 1260 g/mol. The number of primary amides is 1. The molecule has 0 unspecified atom stereocenters. The summed E-state index contributed by atoms with van der Waals surface area (Å²) in [7, 11) is 4.26. The number of nitrogens with two attached hydrogens (primary N) is 1. The Balaban J connectivity index is 0.000000135. The molecular formula is C80H92N10O10. The van der Waals surface area contributed by atoms with Crippen molar-refractivity contribution in [1.82, 2.24) is 28.7 Å². The molecule has 3 fully saturated rings. The highest BCUT2D eigenvalue weighted by Gasteiger charge is 2.56. The van der Waals surface area contributed by atoms with Crippen LogP contribution in [0.2, 0.25) is 0 Å². The fraction of sp³-hybridized carbons (Fsp3) is 0.438. The number of carbonyl (C=O) groups is 6. The lowest BCUT2D eigenvalue weighted by atomic mass is 9.50. The van der Waals surface area contributed by atoms with E-state index >= 15 is 0 Å². The monoisotopic (exact) mass is 1350 g/mol. The molecule has 20 heteroatoms. The maximum Gasteiger partial charge on any atom is 0.414 e. The number of ketones is 1. The molecule has 100 heavy (non-hydrogen) atoms. The van der Waals surface area contributed by atoms with Crippen molar-refractivity contribution < 1.29 is 48.1 Å². The number of aryl methyl sites for hydroxylation is 5. The number of carboxylic acid groups (broad SMARTS) is 1. The van der Waals surface area contributed by atoms with Gasteiger partial charge in [0, 0.05) is 85.0 Å². The van der Waals surface area contributed by atoms with E-state index < -0.39 is 5.97 Å². The minimum Gasteiger partial charge on any atom is -0.481 e. The predicted octanol–water partition coefficient (Wildman–Crippen LogP) is 14.9. The zero-order chi connectivity index (χ0) is 70.3. The first-order chi connectivity index (χ1) is 48.2. The number of fused-ring (bicyclic) bond motifs is 9. The molecule has 20 nitrogen and oxygen atoms in total. The van der Waals surface area contributed by atoms with Crippen molar-refractivity contribution in [3.63, 3.8) is 0 Å².